The van der Waals surface area contributed by atoms with E-state index in [1.165, 1.54) is 65.7 Å². The van der Waals surface area contributed by atoms with E-state index in [1.807, 2.05) is 13.0 Å². The summed E-state index contributed by atoms with van der Waals surface area (Å²) < 4.78 is 0. The fourth-order valence-corrected chi connectivity index (χ4v) is 6.22. The molecule has 0 bridgehead atoms. The summed E-state index contributed by atoms with van der Waals surface area (Å²) in [6.07, 6.45) is 4.09. The van der Waals surface area contributed by atoms with Crippen molar-refractivity contribution in [3.63, 3.8) is 0 Å². The van der Waals surface area contributed by atoms with Crippen molar-refractivity contribution in [1.82, 2.24) is 0 Å². The number of rotatable bonds is 5. The first kappa shape index (κ1) is 26.5. The highest BCUT2D eigenvalue weighted by atomic mass is 14.6. The standard InChI is InChI=1S/C42H33N/c1-3-28(2)25-40(43)31-22-19-30(20-23-31)33-13-10-14-34(26-33)41-36-15-6-8-17-38(36)42(39-18-9-7-16-37(39)41)35-24-21-29-11-4-5-12-32(29)27-35/h3-27H,43H2,1-2H3/b28-3-,40-25-. The highest BCUT2D eigenvalue weighted by Gasteiger charge is 2.17. The summed E-state index contributed by atoms with van der Waals surface area (Å²) in [6, 6.07) is 50.6. The quantitative estimate of drug-likeness (QED) is 0.167. The van der Waals surface area contributed by atoms with E-state index in [9.17, 15) is 0 Å². The molecule has 0 fully saturated rings. The lowest BCUT2D eigenvalue weighted by Gasteiger charge is -2.18. The minimum atomic E-state index is 0.778. The Morgan fingerprint density at radius 1 is 0.488 bits per heavy atom. The minimum Gasteiger partial charge on any atom is -0.398 e. The topological polar surface area (TPSA) is 26.0 Å². The van der Waals surface area contributed by atoms with Crippen molar-refractivity contribution < 1.29 is 0 Å². The van der Waals surface area contributed by atoms with Crippen LogP contribution < -0.4 is 5.73 Å². The van der Waals surface area contributed by atoms with Gasteiger partial charge in [0.2, 0.25) is 0 Å². The van der Waals surface area contributed by atoms with Gasteiger partial charge < -0.3 is 5.73 Å². The summed E-state index contributed by atoms with van der Waals surface area (Å²) in [7, 11) is 0. The molecule has 0 unspecified atom stereocenters. The normalized spacial score (nSPS) is 12.3. The van der Waals surface area contributed by atoms with Crippen molar-refractivity contribution in [3.8, 4) is 33.4 Å². The van der Waals surface area contributed by atoms with E-state index < -0.39 is 0 Å². The first-order valence-electron chi connectivity index (χ1n) is 14.8. The van der Waals surface area contributed by atoms with Gasteiger partial charge in [0.25, 0.3) is 0 Å². The highest BCUT2D eigenvalue weighted by Crippen LogP contribution is 2.44. The Kier molecular flexibility index (Phi) is 6.85. The predicted octanol–water partition coefficient (Wildman–Crippen LogP) is 11.4. The summed E-state index contributed by atoms with van der Waals surface area (Å²) in [4.78, 5) is 0. The van der Waals surface area contributed by atoms with Gasteiger partial charge in [-0.25, -0.2) is 0 Å². The van der Waals surface area contributed by atoms with Gasteiger partial charge in [0.05, 0.1) is 0 Å². The third-order valence-electron chi connectivity index (χ3n) is 8.51. The maximum atomic E-state index is 6.37. The van der Waals surface area contributed by atoms with E-state index in [1.54, 1.807) is 0 Å². The van der Waals surface area contributed by atoms with Crippen LogP contribution in [-0.2, 0) is 0 Å². The largest absolute Gasteiger partial charge is 0.398 e. The second-order valence-corrected chi connectivity index (χ2v) is 11.2. The van der Waals surface area contributed by atoms with E-state index in [-0.39, 0.29) is 0 Å². The molecule has 0 amide bonds. The first-order chi connectivity index (χ1) is 21.1. The van der Waals surface area contributed by atoms with Crippen molar-refractivity contribution in [3.05, 3.63) is 163 Å². The maximum absolute atomic E-state index is 6.37. The summed E-state index contributed by atoms with van der Waals surface area (Å²) in [6.45, 7) is 4.09. The van der Waals surface area contributed by atoms with Crippen LogP contribution in [0, 0.1) is 0 Å². The zero-order valence-electron chi connectivity index (χ0n) is 24.5. The van der Waals surface area contributed by atoms with Gasteiger partial charge in [-0.1, -0.05) is 139 Å². The SMILES string of the molecule is C/C=C(C)\C=C(/N)c1ccc(-c2cccc(-c3c4ccccc4c(-c4ccc5ccccc5c4)c4ccccc34)c2)cc1. The first-order valence-corrected chi connectivity index (χ1v) is 14.8. The maximum Gasteiger partial charge on any atom is 0.0390 e. The molecule has 7 aromatic carbocycles. The fraction of sp³-hybridized carbons (Fsp3) is 0.0476. The molecular formula is C42H33N. The molecule has 206 valence electrons. The van der Waals surface area contributed by atoms with Gasteiger partial charge in [-0.15, -0.1) is 0 Å². The zero-order chi connectivity index (χ0) is 29.3. The second kappa shape index (κ2) is 11.1. The second-order valence-electron chi connectivity index (χ2n) is 11.2. The number of hydrogen-bond donors (Lipinski definition) is 1. The van der Waals surface area contributed by atoms with Crippen LogP contribution in [0.25, 0.3) is 71.4 Å². The van der Waals surface area contributed by atoms with Crippen molar-refractivity contribution in [1.29, 1.82) is 0 Å². The van der Waals surface area contributed by atoms with Crippen LogP contribution in [0.15, 0.2) is 157 Å². The molecule has 1 nitrogen and oxygen atoms in total. The van der Waals surface area contributed by atoms with Gasteiger partial charge in [-0.2, -0.15) is 0 Å². The number of nitrogens with two attached hydrogens (primary N) is 1. The van der Waals surface area contributed by atoms with E-state index in [4.69, 9.17) is 5.73 Å². The lowest BCUT2D eigenvalue weighted by Crippen LogP contribution is -1.96. The molecular weight excluding hydrogens is 518 g/mol. The summed E-state index contributed by atoms with van der Waals surface area (Å²) >= 11 is 0. The van der Waals surface area contributed by atoms with Gasteiger partial charge in [0.15, 0.2) is 0 Å². The molecule has 0 saturated heterocycles. The van der Waals surface area contributed by atoms with Gasteiger partial charge in [-0.05, 0) is 103 Å². The van der Waals surface area contributed by atoms with E-state index in [2.05, 4.69) is 153 Å². The molecule has 0 spiro atoms. The number of fused-ring (bicyclic) bond motifs is 3. The van der Waals surface area contributed by atoms with E-state index >= 15 is 0 Å². The van der Waals surface area contributed by atoms with Crippen LogP contribution in [-0.4, -0.2) is 0 Å². The van der Waals surface area contributed by atoms with Crippen molar-refractivity contribution in [2.24, 2.45) is 5.73 Å². The smallest absolute Gasteiger partial charge is 0.0390 e. The molecule has 7 rings (SSSR count). The molecule has 0 saturated carbocycles. The van der Waals surface area contributed by atoms with E-state index in [0.29, 0.717) is 0 Å². The summed E-state index contributed by atoms with van der Waals surface area (Å²) in [5.41, 5.74) is 16.7. The molecule has 0 aliphatic carbocycles. The monoisotopic (exact) mass is 551 g/mol. The predicted molar refractivity (Wildman–Crippen MR) is 187 cm³/mol. The number of benzene rings is 7. The van der Waals surface area contributed by atoms with Crippen LogP contribution in [0.1, 0.15) is 19.4 Å². The molecule has 7 aromatic rings. The molecule has 43 heavy (non-hydrogen) atoms. The van der Waals surface area contributed by atoms with Crippen molar-refractivity contribution >= 4 is 38.0 Å². The molecule has 0 aromatic heterocycles. The van der Waals surface area contributed by atoms with Gasteiger partial charge in [0.1, 0.15) is 0 Å². The van der Waals surface area contributed by atoms with Crippen molar-refractivity contribution in [2.75, 3.05) is 0 Å². The average molecular weight is 552 g/mol. The lowest BCUT2D eigenvalue weighted by molar-refractivity contribution is 1.43. The lowest BCUT2D eigenvalue weighted by atomic mass is 9.85. The molecule has 1 heteroatoms. The van der Waals surface area contributed by atoms with Crippen LogP contribution in [0.4, 0.5) is 0 Å². The molecule has 0 aliphatic rings. The number of hydrogen-bond acceptors (Lipinski definition) is 1. The van der Waals surface area contributed by atoms with Crippen LogP contribution >= 0.6 is 0 Å². The Bertz CT molecular complexity index is 2140. The molecule has 0 heterocycles. The minimum absolute atomic E-state index is 0.778. The number of allylic oxidation sites excluding steroid dienone is 3. The molecule has 2 N–H and O–H groups in total. The van der Waals surface area contributed by atoms with Gasteiger partial charge in [-0.3, -0.25) is 0 Å². The Labute approximate surface area is 253 Å². The van der Waals surface area contributed by atoms with Gasteiger partial charge >= 0.3 is 0 Å². The highest BCUT2D eigenvalue weighted by molar-refractivity contribution is 6.21. The van der Waals surface area contributed by atoms with Crippen LogP contribution in [0.5, 0.6) is 0 Å². The summed E-state index contributed by atoms with van der Waals surface area (Å²) in [5, 5.41) is 7.56. The fourth-order valence-electron chi connectivity index (χ4n) is 6.22. The van der Waals surface area contributed by atoms with E-state index in [0.717, 1.165) is 16.8 Å². The molecule has 0 atom stereocenters. The average Bonchev–Trinajstić information content (AvgIpc) is 3.07. The summed E-state index contributed by atoms with van der Waals surface area (Å²) in [5.74, 6) is 0. The molecule has 0 radical (unpaired) electrons. The third-order valence-corrected chi connectivity index (χ3v) is 8.51. The Hall–Kier alpha value is -5.40. The van der Waals surface area contributed by atoms with Gasteiger partial charge in [0, 0.05) is 5.70 Å². The molecule has 0 aliphatic heterocycles. The Balaban J connectivity index is 1.40. The zero-order valence-corrected chi connectivity index (χ0v) is 24.5. The van der Waals surface area contributed by atoms with Crippen LogP contribution in [0.3, 0.4) is 0 Å². The Morgan fingerprint density at radius 3 is 1.60 bits per heavy atom. The third kappa shape index (κ3) is 4.90. The van der Waals surface area contributed by atoms with Crippen molar-refractivity contribution in [2.45, 2.75) is 13.8 Å². The van der Waals surface area contributed by atoms with Crippen LogP contribution in [0.2, 0.25) is 0 Å². The Morgan fingerprint density at radius 2 is 1.00 bits per heavy atom.